The highest BCUT2D eigenvalue weighted by atomic mass is 16.4. The van der Waals surface area contributed by atoms with Crippen LogP contribution in [0, 0.1) is 5.92 Å². The molecule has 0 rings (SSSR count). The van der Waals surface area contributed by atoms with Crippen LogP contribution in [0.2, 0.25) is 0 Å². The first-order chi connectivity index (χ1) is 12.7. The molecule has 0 saturated carbocycles. The Kier molecular flexibility index (Phi) is 12.0. The molecule has 4 unspecified atom stereocenters. The number of carbonyl (C=O) groups excluding carboxylic acids is 3. The topological polar surface area (TPSA) is 177 Å². The Balaban J connectivity index is 5.05. The largest absolute Gasteiger partial charge is 0.480 e. The average molecular weight is 387 g/mol. The van der Waals surface area contributed by atoms with E-state index in [0.29, 0.717) is 25.8 Å². The molecule has 0 aromatic carbocycles. The number of unbranched alkanes of at least 4 members (excludes halogenated alkanes) is 1. The lowest BCUT2D eigenvalue weighted by Gasteiger charge is -2.27. The number of aliphatic carboxylic acids is 1. The lowest BCUT2D eigenvalue weighted by molar-refractivity contribution is -0.142. The van der Waals surface area contributed by atoms with Gasteiger partial charge in [-0.15, -0.1) is 0 Å². The van der Waals surface area contributed by atoms with E-state index in [1.165, 1.54) is 6.92 Å². The number of hydrogen-bond acceptors (Lipinski definition) is 6. The number of hydrogen-bond donors (Lipinski definition) is 6. The van der Waals surface area contributed by atoms with E-state index < -0.39 is 41.8 Å². The van der Waals surface area contributed by atoms with Gasteiger partial charge in [0.05, 0.1) is 6.54 Å². The summed E-state index contributed by atoms with van der Waals surface area (Å²) < 4.78 is 0. The molecule has 27 heavy (non-hydrogen) atoms. The SMILES string of the molecule is CCC(C)C(NC(=O)C(C)NC(=O)CN)C(=O)NC(CCCCN)C(=O)O. The molecule has 4 atom stereocenters. The van der Waals surface area contributed by atoms with E-state index in [-0.39, 0.29) is 18.9 Å². The summed E-state index contributed by atoms with van der Waals surface area (Å²) in [6.07, 6.45) is 2.06. The Bertz CT molecular complexity index is 514. The lowest BCUT2D eigenvalue weighted by atomic mass is 9.97. The van der Waals surface area contributed by atoms with Crippen molar-refractivity contribution in [3.05, 3.63) is 0 Å². The predicted molar refractivity (Wildman–Crippen MR) is 101 cm³/mol. The lowest BCUT2D eigenvalue weighted by Crippen LogP contribution is -2.57. The Morgan fingerprint density at radius 1 is 0.963 bits per heavy atom. The van der Waals surface area contributed by atoms with Crippen LogP contribution >= 0.6 is 0 Å². The van der Waals surface area contributed by atoms with Gasteiger partial charge in [0.2, 0.25) is 17.7 Å². The van der Waals surface area contributed by atoms with Gasteiger partial charge in [0.1, 0.15) is 18.1 Å². The minimum Gasteiger partial charge on any atom is -0.480 e. The molecular formula is C17H33N5O5. The van der Waals surface area contributed by atoms with Crippen LogP contribution in [-0.2, 0) is 19.2 Å². The van der Waals surface area contributed by atoms with Crippen LogP contribution in [0.3, 0.4) is 0 Å². The molecule has 10 heteroatoms. The number of carbonyl (C=O) groups is 4. The number of carboxylic acids is 1. The van der Waals surface area contributed by atoms with E-state index in [4.69, 9.17) is 11.5 Å². The highest BCUT2D eigenvalue weighted by molar-refractivity contribution is 5.93. The standard InChI is InChI=1S/C17H33N5O5/c1-4-10(2)14(22-15(24)11(3)20-13(23)9-19)16(25)21-12(17(26)27)7-5-6-8-18/h10-12,14H,4-9,18-19H2,1-3H3,(H,20,23)(H,21,25)(H,22,24)(H,26,27). The second-order valence-corrected chi connectivity index (χ2v) is 6.55. The average Bonchev–Trinajstić information content (AvgIpc) is 2.63. The molecule has 0 aromatic rings. The summed E-state index contributed by atoms with van der Waals surface area (Å²) in [5.41, 5.74) is 10.6. The fraction of sp³-hybridized carbons (Fsp3) is 0.765. The molecule has 0 bridgehead atoms. The van der Waals surface area contributed by atoms with Crippen LogP contribution in [0.15, 0.2) is 0 Å². The van der Waals surface area contributed by atoms with Gasteiger partial charge in [0.25, 0.3) is 0 Å². The predicted octanol–water partition coefficient (Wildman–Crippen LogP) is -1.32. The van der Waals surface area contributed by atoms with Gasteiger partial charge in [-0.3, -0.25) is 14.4 Å². The maximum Gasteiger partial charge on any atom is 0.326 e. The van der Waals surface area contributed by atoms with Crippen LogP contribution < -0.4 is 27.4 Å². The number of nitrogens with one attached hydrogen (secondary N) is 3. The van der Waals surface area contributed by atoms with E-state index in [9.17, 15) is 24.3 Å². The van der Waals surface area contributed by atoms with Crippen LogP contribution in [0.1, 0.15) is 46.5 Å². The fourth-order valence-corrected chi connectivity index (χ4v) is 2.36. The first kappa shape index (κ1) is 24.8. The van der Waals surface area contributed by atoms with E-state index in [1.807, 2.05) is 6.92 Å². The van der Waals surface area contributed by atoms with Gasteiger partial charge >= 0.3 is 5.97 Å². The molecule has 0 aliphatic heterocycles. The summed E-state index contributed by atoms with van der Waals surface area (Å²) >= 11 is 0. The van der Waals surface area contributed by atoms with Crippen molar-refractivity contribution < 1.29 is 24.3 Å². The molecule has 0 fully saturated rings. The zero-order valence-corrected chi connectivity index (χ0v) is 16.3. The summed E-state index contributed by atoms with van der Waals surface area (Å²) in [5, 5.41) is 16.8. The summed E-state index contributed by atoms with van der Waals surface area (Å²) in [6.45, 7) is 5.29. The minimum absolute atomic E-state index is 0.232. The normalized spacial score (nSPS) is 15.1. The Morgan fingerprint density at radius 2 is 1.59 bits per heavy atom. The minimum atomic E-state index is -1.14. The number of amides is 3. The van der Waals surface area contributed by atoms with Gasteiger partial charge in [0.15, 0.2) is 0 Å². The number of carboxylic acid groups (broad SMARTS) is 1. The molecule has 8 N–H and O–H groups in total. The van der Waals surface area contributed by atoms with Crippen molar-refractivity contribution in [3.63, 3.8) is 0 Å². The molecule has 0 spiro atoms. The van der Waals surface area contributed by atoms with E-state index in [0.717, 1.165) is 0 Å². The highest BCUT2D eigenvalue weighted by Crippen LogP contribution is 2.10. The summed E-state index contributed by atoms with van der Waals surface area (Å²) in [6, 6.07) is -2.85. The smallest absolute Gasteiger partial charge is 0.326 e. The maximum atomic E-state index is 12.6. The third-order valence-corrected chi connectivity index (χ3v) is 4.31. The van der Waals surface area contributed by atoms with Gasteiger partial charge in [-0.2, -0.15) is 0 Å². The molecule has 10 nitrogen and oxygen atoms in total. The van der Waals surface area contributed by atoms with Crippen molar-refractivity contribution in [3.8, 4) is 0 Å². The third kappa shape index (κ3) is 9.34. The van der Waals surface area contributed by atoms with E-state index in [1.54, 1.807) is 6.92 Å². The first-order valence-corrected chi connectivity index (χ1v) is 9.20. The van der Waals surface area contributed by atoms with Gasteiger partial charge in [-0.05, 0) is 38.6 Å². The molecule has 0 saturated heterocycles. The molecule has 156 valence electrons. The molecule has 0 aliphatic carbocycles. The molecular weight excluding hydrogens is 354 g/mol. The van der Waals surface area contributed by atoms with E-state index in [2.05, 4.69) is 16.0 Å². The fourth-order valence-electron chi connectivity index (χ4n) is 2.36. The van der Waals surface area contributed by atoms with Gasteiger partial charge in [-0.1, -0.05) is 20.3 Å². The Labute approximate surface area is 159 Å². The molecule has 0 aromatic heterocycles. The van der Waals surface area contributed by atoms with E-state index >= 15 is 0 Å². The zero-order valence-electron chi connectivity index (χ0n) is 16.3. The highest BCUT2D eigenvalue weighted by Gasteiger charge is 2.30. The van der Waals surface area contributed by atoms with Crippen molar-refractivity contribution in [1.29, 1.82) is 0 Å². The van der Waals surface area contributed by atoms with Crippen molar-refractivity contribution in [2.24, 2.45) is 17.4 Å². The quantitative estimate of drug-likeness (QED) is 0.212. The third-order valence-electron chi connectivity index (χ3n) is 4.31. The van der Waals surface area contributed by atoms with Gasteiger partial charge in [-0.25, -0.2) is 4.79 Å². The summed E-state index contributed by atoms with van der Waals surface area (Å²) in [7, 11) is 0. The monoisotopic (exact) mass is 387 g/mol. The van der Waals surface area contributed by atoms with Gasteiger partial charge < -0.3 is 32.5 Å². The van der Waals surface area contributed by atoms with Crippen molar-refractivity contribution >= 4 is 23.7 Å². The van der Waals surface area contributed by atoms with Crippen LogP contribution in [-0.4, -0.2) is 60.0 Å². The van der Waals surface area contributed by atoms with Crippen LogP contribution in [0.25, 0.3) is 0 Å². The molecule has 3 amide bonds. The molecule has 0 aliphatic rings. The Hall–Kier alpha value is -2.20. The van der Waals surface area contributed by atoms with Crippen molar-refractivity contribution in [2.45, 2.75) is 64.6 Å². The summed E-state index contributed by atoms with van der Waals surface area (Å²) in [4.78, 5) is 47.6. The molecule has 0 heterocycles. The van der Waals surface area contributed by atoms with Crippen molar-refractivity contribution in [1.82, 2.24) is 16.0 Å². The van der Waals surface area contributed by atoms with Gasteiger partial charge in [0, 0.05) is 0 Å². The van der Waals surface area contributed by atoms with Crippen molar-refractivity contribution in [2.75, 3.05) is 13.1 Å². The number of rotatable bonds is 13. The number of nitrogens with two attached hydrogens (primary N) is 2. The molecule has 0 radical (unpaired) electrons. The zero-order chi connectivity index (χ0) is 21.0. The first-order valence-electron chi connectivity index (χ1n) is 9.20. The van der Waals surface area contributed by atoms with Crippen LogP contribution in [0.4, 0.5) is 0 Å². The second-order valence-electron chi connectivity index (χ2n) is 6.55. The maximum absolute atomic E-state index is 12.6. The summed E-state index contributed by atoms with van der Waals surface area (Å²) in [5.74, 6) is -2.99. The van der Waals surface area contributed by atoms with Crippen LogP contribution in [0.5, 0.6) is 0 Å². The Morgan fingerprint density at radius 3 is 2.07 bits per heavy atom. The second kappa shape index (κ2) is 13.0.